The third-order valence-electron chi connectivity index (χ3n) is 4.90. The van der Waals surface area contributed by atoms with Gasteiger partial charge in [0.05, 0.1) is 5.57 Å². The van der Waals surface area contributed by atoms with Crippen molar-refractivity contribution < 1.29 is 13.1 Å². The molecule has 0 saturated carbocycles. The van der Waals surface area contributed by atoms with Gasteiger partial charge in [-0.3, -0.25) is 0 Å². The Balaban J connectivity index is 2.08. The quantitative estimate of drug-likeness (QED) is 0.356. The molecule has 25 heavy (non-hydrogen) atoms. The average molecular weight is 382 g/mol. The van der Waals surface area contributed by atoms with Crippen LogP contribution in [0, 0.1) is 13.8 Å². The molecule has 2 aliphatic heterocycles. The number of aromatic nitrogens is 1. The molecule has 0 fully saturated rings. The van der Waals surface area contributed by atoms with Crippen LogP contribution >= 0.6 is 21.6 Å². The van der Waals surface area contributed by atoms with Gasteiger partial charge in [-0.15, -0.1) is 0 Å². The first-order valence-electron chi connectivity index (χ1n) is 8.81. The molecule has 0 N–H and O–H groups in total. The lowest BCUT2D eigenvalue weighted by Crippen LogP contribution is -2.51. The Morgan fingerprint density at radius 2 is 1.88 bits per heavy atom. The molecule has 0 aromatic carbocycles. The van der Waals surface area contributed by atoms with Crippen LogP contribution in [0.4, 0.5) is 8.63 Å². The Morgan fingerprint density at radius 3 is 2.56 bits per heavy atom. The van der Waals surface area contributed by atoms with Gasteiger partial charge >= 0.3 is 6.97 Å². The molecule has 2 nitrogen and oxygen atoms in total. The molecule has 1 aromatic rings. The number of unbranched alkanes of at least 4 members (excludes halogenated alkanes) is 1. The topological polar surface area (TPSA) is 7.94 Å². The van der Waals surface area contributed by atoms with Crippen LogP contribution in [-0.2, 0) is 0 Å². The molecule has 0 bridgehead atoms. The third kappa shape index (κ3) is 3.03. The van der Waals surface area contributed by atoms with E-state index in [-0.39, 0.29) is 0 Å². The molecule has 0 spiro atoms. The zero-order valence-electron chi connectivity index (χ0n) is 15.5. The second-order valence-electron chi connectivity index (χ2n) is 6.88. The molecule has 0 amide bonds. The van der Waals surface area contributed by atoms with Crippen molar-refractivity contribution >= 4 is 39.8 Å². The molecule has 7 heteroatoms. The Morgan fingerprint density at radius 1 is 1.16 bits per heavy atom. The maximum absolute atomic E-state index is 15.4. The Labute approximate surface area is 156 Å². The van der Waals surface area contributed by atoms with Crippen molar-refractivity contribution in [3.63, 3.8) is 0 Å². The van der Waals surface area contributed by atoms with E-state index in [1.807, 2.05) is 36.8 Å². The molecule has 3 heterocycles. The average Bonchev–Trinajstić information content (AvgIpc) is 2.99. The van der Waals surface area contributed by atoms with Gasteiger partial charge in [0.2, 0.25) is 0 Å². The second kappa shape index (κ2) is 6.99. The van der Waals surface area contributed by atoms with Crippen LogP contribution in [0.2, 0.25) is 0 Å². The first-order valence-corrected chi connectivity index (χ1v) is 11.3. The normalized spacial score (nSPS) is 18.6. The zero-order chi connectivity index (χ0) is 18.4. The van der Waals surface area contributed by atoms with Crippen LogP contribution < -0.4 is 0 Å². The summed E-state index contributed by atoms with van der Waals surface area (Å²) in [6.45, 7) is 5.80. The maximum atomic E-state index is 15.4. The fraction of sp³-hybridized carbons (Fsp3) is 0.500. The smallest absolute Gasteiger partial charge is 0.394 e. The van der Waals surface area contributed by atoms with Crippen LogP contribution in [0.5, 0.6) is 0 Å². The molecular formula is C18H25BF2N2S2. The largest absolute Gasteiger partial charge is 0.737 e. The van der Waals surface area contributed by atoms with Gasteiger partial charge in [0, 0.05) is 35.8 Å². The molecule has 0 aliphatic carbocycles. The summed E-state index contributed by atoms with van der Waals surface area (Å²) in [4.78, 5) is 0. The standard InChI is InChI=1S/C18H25BF2N2S2/c1-6-7-8-24-25-11-16-17-12(2)9-14(4)22(17)19(20,21)23-15(5)10-13(3)18(16)23/h9-10H,6-8,11H2,1-5H3. The Bertz CT molecular complexity index is 806. The summed E-state index contributed by atoms with van der Waals surface area (Å²) >= 11 is 0. The highest BCUT2D eigenvalue weighted by molar-refractivity contribution is 8.76. The lowest BCUT2D eigenvalue weighted by atomic mass is 9.86. The van der Waals surface area contributed by atoms with E-state index in [4.69, 9.17) is 0 Å². The van der Waals surface area contributed by atoms with Crippen LogP contribution in [-0.4, -0.2) is 33.2 Å². The molecule has 0 saturated heterocycles. The van der Waals surface area contributed by atoms with Crippen molar-refractivity contribution in [3.8, 4) is 0 Å². The number of allylic oxidation sites excluding steroid dienone is 2. The maximum Gasteiger partial charge on any atom is 0.737 e. The monoisotopic (exact) mass is 382 g/mol. The fourth-order valence-corrected chi connectivity index (χ4v) is 6.24. The molecule has 2 aliphatic rings. The van der Waals surface area contributed by atoms with Crippen LogP contribution in [0.1, 0.15) is 50.6 Å². The third-order valence-corrected chi connectivity index (χ3v) is 7.28. The van der Waals surface area contributed by atoms with E-state index in [1.165, 1.54) is 21.8 Å². The lowest BCUT2D eigenvalue weighted by molar-refractivity contribution is -0.363. The van der Waals surface area contributed by atoms with Crippen molar-refractivity contribution in [2.75, 3.05) is 11.5 Å². The number of fused-ring (bicyclic) bond motifs is 2. The van der Waals surface area contributed by atoms with E-state index >= 15 is 8.63 Å². The molecular weight excluding hydrogens is 357 g/mol. The molecule has 0 radical (unpaired) electrons. The fourth-order valence-electron chi connectivity index (χ4n) is 3.93. The van der Waals surface area contributed by atoms with Crippen molar-refractivity contribution in [3.05, 3.63) is 40.4 Å². The van der Waals surface area contributed by atoms with Crippen LogP contribution in [0.15, 0.2) is 23.4 Å². The van der Waals surface area contributed by atoms with Gasteiger partial charge in [-0.1, -0.05) is 34.9 Å². The minimum atomic E-state index is -3.84. The van der Waals surface area contributed by atoms with Gasteiger partial charge in [-0.05, 0) is 44.5 Å². The zero-order valence-corrected chi connectivity index (χ0v) is 17.2. The minimum absolute atomic E-state index is 0.634. The molecule has 136 valence electrons. The second-order valence-corrected chi connectivity index (χ2v) is 9.46. The van der Waals surface area contributed by atoms with E-state index in [0.29, 0.717) is 11.4 Å². The summed E-state index contributed by atoms with van der Waals surface area (Å²) in [6.07, 6.45) is 4.26. The van der Waals surface area contributed by atoms with Gasteiger partial charge in [-0.2, -0.15) is 0 Å². The Kier molecular flexibility index (Phi) is 5.27. The van der Waals surface area contributed by atoms with E-state index in [2.05, 4.69) is 6.92 Å². The number of rotatable bonds is 6. The number of nitrogens with zero attached hydrogens (tertiary/aromatic N) is 2. The summed E-state index contributed by atoms with van der Waals surface area (Å²) in [7, 11) is 3.62. The highest BCUT2D eigenvalue weighted by Crippen LogP contribution is 2.43. The van der Waals surface area contributed by atoms with Gasteiger partial charge < -0.3 is 17.6 Å². The van der Waals surface area contributed by atoms with Gasteiger partial charge in [0.15, 0.2) is 5.70 Å². The summed E-state index contributed by atoms with van der Waals surface area (Å²) < 4.78 is 33.3. The van der Waals surface area contributed by atoms with Crippen molar-refractivity contribution in [1.82, 2.24) is 4.48 Å². The molecule has 0 atom stereocenters. The molecule has 1 aromatic heterocycles. The molecule has 3 rings (SSSR count). The Hall–Kier alpha value is -0.945. The summed E-state index contributed by atoms with van der Waals surface area (Å²) in [5.41, 5.74) is 5.64. The highest BCUT2D eigenvalue weighted by Gasteiger charge is 2.54. The van der Waals surface area contributed by atoms with E-state index in [9.17, 15) is 0 Å². The van der Waals surface area contributed by atoms with E-state index < -0.39 is 6.97 Å². The van der Waals surface area contributed by atoms with Crippen molar-refractivity contribution in [2.45, 2.75) is 47.5 Å². The number of hydrogen-bond donors (Lipinski definition) is 0. The summed E-state index contributed by atoms with van der Waals surface area (Å²) in [6, 6.07) is 1.89. The predicted molar refractivity (Wildman–Crippen MR) is 109 cm³/mol. The highest BCUT2D eigenvalue weighted by atomic mass is 33.1. The van der Waals surface area contributed by atoms with E-state index in [0.717, 1.165) is 39.6 Å². The van der Waals surface area contributed by atoms with Crippen LogP contribution in [0.25, 0.3) is 5.57 Å². The van der Waals surface area contributed by atoms with Gasteiger partial charge in [0.1, 0.15) is 5.71 Å². The SMILES string of the molecule is CCCCSSCC1=C2C(C)=CC(C)=[N+]2[B-](F)(F)n2c(C)cc(C)c21. The number of aryl methyl sites for hydroxylation is 2. The summed E-state index contributed by atoms with van der Waals surface area (Å²) in [5, 5.41) is 0. The first-order chi connectivity index (χ1) is 11.8. The van der Waals surface area contributed by atoms with Crippen molar-refractivity contribution in [1.29, 1.82) is 0 Å². The van der Waals surface area contributed by atoms with Crippen LogP contribution in [0.3, 0.4) is 0 Å². The van der Waals surface area contributed by atoms with Gasteiger partial charge in [0.25, 0.3) is 0 Å². The lowest BCUT2D eigenvalue weighted by Gasteiger charge is -2.33. The minimum Gasteiger partial charge on any atom is -0.394 e. The summed E-state index contributed by atoms with van der Waals surface area (Å²) in [5.74, 6) is 1.85. The van der Waals surface area contributed by atoms with E-state index in [1.54, 1.807) is 24.6 Å². The predicted octanol–water partition coefficient (Wildman–Crippen LogP) is 5.67. The molecule has 0 unspecified atom stereocenters. The van der Waals surface area contributed by atoms with Gasteiger partial charge in [-0.25, -0.2) is 0 Å². The number of hydrogen-bond acceptors (Lipinski definition) is 2. The first kappa shape index (κ1) is 18.8. The van der Waals surface area contributed by atoms with Crippen molar-refractivity contribution in [2.24, 2.45) is 0 Å². The number of halogens is 2.